The van der Waals surface area contributed by atoms with Gasteiger partial charge in [0.1, 0.15) is 17.9 Å². The van der Waals surface area contributed by atoms with Gasteiger partial charge < -0.3 is 10.6 Å². The summed E-state index contributed by atoms with van der Waals surface area (Å²) in [7, 11) is 0. The molecule has 8 heteroatoms. The van der Waals surface area contributed by atoms with E-state index in [2.05, 4.69) is 17.6 Å². The Morgan fingerprint density at radius 1 is 1.38 bits per heavy atom. The van der Waals surface area contributed by atoms with Crippen molar-refractivity contribution in [3.63, 3.8) is 0 Å². The normalized spacial score (nSPS) is 25.5. The molecule has 1 aromatic carbocycles. The van der Waals surface area contributed by atoms with Crippen LogP contribution < -0.4 is 10.6 Å². The van der Waals surface area contributed by atoms with Gasteiger partial charge in [0.15, 0.2) is 0 Å². The SMILES string of the molecule is CCC1CCC2(CC1)NC(=O)N(CC(=O)Nc1ccc(F)cc1Cl)C2=O. The topological polar surface area (TPSA) is 78.5 Å². The number of carbonyl (C=O) groups is 3. The van der Waals surface area contributed by atoms with Crippen LogP contribution in [-0.2, 0) is 9.59 Å². The van der Waals surface area contributed by atoms with Gasteiger partial charge in [0.25, 0.3) is 5.91 Å². The maximum absolute atomic E-state index is 13.1. The second-order valence-corrected chi connectivity index (χ2v) is 7.33. The number of hydrogen-bond acceptors (Lipinski definition) is 3. The molecule has 26 heavy (non-hydrogen) atoms. The largest absolute Gasteiger partial charge is 0.325 e. The Labute approximate surface area is 156 Å². The number of nitrogens with zero attached hydrogens (tertiary/aromatic N) is 1. The Balaban J connectivity index is 1.65. The minimum atomic E-state index is -0.878. The summed E-state index contributed by atoms with van der Waals surface area (Å²) in [5.74, 6) is -0.867. The number of benzene rings is 1. The van der Waals surface area contributed by atoms with E-state index in [1.165, 1.54) is 6.07 Å². The molecule has 1 aliphatic heterocycles. The lowest BCUT2D eigenvalue weighted by Crippen LogP contribution is -2.49. The minimum absolute atomic E-state index is 0.0462. The molecule has 1 aliphatic carbocycles. The molecule has 140 valence electrons. The summed E-state index contributed by atoms with van der Waals surface area (Å²) in [6, 6.07) is 3.02. The number of urea groups is 1. The first-order valence-corrected chi connectivity index (χ1v) is 9.11. The van der Waals surface area contributed by atoms with Gasteiger partial charge in [-0.15, -0.1) is 0 Å². The molecule has 0 atom stereocenters. The lowest BCUT2D eigenvalue weighted by molar-refractivity contribution is -0.135. The van der Waals surface area contributed by atoms with Crippen LogP contribution >= 0.6 is 11.6 Å². The van der Waals surface area contributed by atoms with Crippen LogP contribution in [0.4, 0.5) is 14.9 Å². The summed E-state index contributed by atoms with van der Waals surface area (Å²) in [6.07, 6.45) is 4.01. The molecule has 0 unspecified atom stereocenters. The third kappa shape index (κ3) is 3.53. The quantitative estimate of drug-likeness (QED) is 0.785. The fraction of sp³-hybridized carbons (Fsp3) is 0.500. The second kappa shape index (κ2) is 7.23. The number of rotatable bonds is 4. The van der Waals surface area contributed by atoms with Crippen LogP contribution in [0.15, 0.2) is 18.2 Å². The number of halogens is 2. The summed E-state index contributed by atoms with van der Waals surface area (Å²) in [5.41, 5.74) is -0.653. The van der Waals surface area contributed by atoms with Crippen molar-refractivity contribution in [2.75, 3.05) is 11.9 Å². The van der Waals surface area contributed by atoms with E-state index in [9.17, 15) is 18.8 Å². The predicted molar refractivity (Wildman–Crippen MR) is 95.3 cm³/mol. The molecule has 0 aromatic heterocycles. The molecular formula is C18H21ClFN3O3. The second-order valence-electron chi connectivity index (χ2n) is 6.93. The number of carbonyl (C=O) groups excluding carboxylic acids is 3. The van der Waals surface area contributed by atoms with E-state index in [1.807, 2.05) is 0 Å². The van der Waals surface area contributed by atoms with Gasteiger partial charge in [-0.1, -0.05) is 24.9 Å². The average Bonchev–Trinajstić information content (AvgIpc) is 2.82. The fourth-order valence-corrected chi connectivity index (χ4v) is 3.88. The van der Waals surface area contributed by atoms with E-state index in [4.69, 9.17) is 11.6 Å². The van der Waals surface area contributed by atoms with Crippen molar-refractivity contribution >= 4 is 35.1 Å². The van der Waals surface area contributed by atoms with Crippen LogP contribution in [0, 0.1) is 11.7 Å². The van der Waals surface area contributed by atoms with Crippen LogP contribution in [0.3, 0.4) is 0 Å². The molecule has 1 spiro atoms. The van der Waals surface area contributed by atoms with Crippen molar-refractivity contribution in [1.29, 1.82) is 0 Å². The molecule has 2 N–H and O–H groups in total. The highest BCUT2D eigenvalue weighted by Crippen LogP contribution is 2.37. The van der Waals surface area contributed by atoms with E-state index in [0.717, 1.165) is 36.3 Å². The van der Waals surface area contributed by atoms with Gasteiger partial charge in [0.05, 0.1) is 10.7 Å². The summed E-state index contributed by atoms with van der Waals surface area (Å²) in [5, 5.41) is 5.33. The van der Waals surface area contributed by atoms with Crippen molar-refractivity contribution in [3.05, 3.63) is 29.0 Å². The maximum atomic E-state index is 13.1. The first-order valence-electron chi connectivity index (χ1n) is 8.73. The van der Waals surface area contributed by atoms with Gasteiger partial charge in [0, 0.05) is 0 Å². The lowest BCUT2D eigenvalue weighted by Gasteiger charge is -2.34. The molecule has 0 radical (unpaired) electrons. The molecule has 1 saturated heterocycles. The summed E-state index contributed by atoms with van der Waals surface area (Å²) in [6.45, 7) is 1.71. The first kappa shape index (κ1) is 18.6. The standard InChI is InChI=1S/C18H21ClFN3O3/c1-2-11-5-7-18(8-6-11)16(25)23(17(26)22-18)10-15(24)21-14-4-3-12(20)9-13(14)19/h3-4,9,11H,2,5-8,10H2,1H3,(H,21,24)(H,22,26). The molecule has 1 aromatic rings. The molecule has 6 nitrogen and oxygen atoms in total. The summed E-state index contributed by atoms with van der Waals surface area (Å²) in [4.78, 5) is 38.2. The Morgan fingerprint density at radius 2 is 2.08 bits per heavy atom. The zero-order valence-corrected chi connectivity index (χ0v) is 15.2. The van der Waals surface area contributed by atoms with E-state index in [0.29, 0.717) is 18.8 Å². The number of hydrogen-bond donors (Lipinski definition) is 2. The molecule has 0 bridgehead atoms. The summed E-state index contributed by atoms with van der Waals surface area (Å²) < 4.78 is 13.1. The highest BCUT2D eigenvalue weighted by molar-refractivity contribution is 6.33. The van der Waals surface area contributed by atoms with Gasteiger partial charge >= 0.3 is 6.03 Å². The Hall–Kier alpha value is -2.15. The van der Waals surface area contributed by atoms with Crippen LogP contribution in [0.2, 0.25) is 5.02 Å². The van der Waals surface area contributed by atoms with Gasteiger partial charge in [0.2, 0.25) is 5.91 Å². The van der Waals surface area contributed by atoms with Crippen LogP contribution in [-0.4, -0.2) is 34.8 Å². The Kier molecular flexibility index (Phi) is 5.18. The number of amides is 4. The third-order valence-corrected chi connectivity index (χ3v) is 5.60. The molecule has 2 aliphatic rings. The van der Waals surface area contributed by atoms with Crippen molar-refractivity contribution < 1.29 is 18.8 Å². The van der Waals surface area contributed by atoms with Crippen LogP contribution in [0.1, 0.15) is 39.0 Å². The van der Waals surface area contributed by atoms with Crippen LogP contribution in [0.5, 0.6) is 0 Å². The van der Waals surface area contributed by atoms with Crippen molar-refractivity contribution in [2.24, 2.45) is 5.92 Å². The molecule has 2 fully saturated rings. The van der Waals surface area contributed by atoms with E-state index >= 15 is 0 Å². The number of imide groups is 1. The Bertz CT molecular complexity index is 747. The fourth-order valence-electron chi connectivity index (χ4n) is 3.66. The highest BCUT2D eigenvalue weighted by atomic mass is 35.5. The van der Waals surface area contributed by atoms with Gasteiger partial charge in [-0.25, -0.2) is 9.18 Å². The maximum Gasteiger partial charge on any atom is 0.325 e. The first-order chi connectivity index (χ1) is 12.3. The van der Waals surface area contributed by atoms with Crippen molar-refractivity contribution in [2.45, 2.75) is 44.6 Å². The van der Waals surface area contributed by atoms with E-state index < -0.39 is 29.8 Å². The molecule has 1 heterocycles. The van der Waals surface area contributed by atoms with E-state index in [1.54, 1.807) is 0 Å². The van der Waals surface area contributed by atoms with Crippen molar-refractivity contribution in [3.8, 4) is 0 Å². The molecule has 4 amide bonds. The third-order valence-electron chi connectivity index (χ3n) is 5.29. The van der Waals surface area contributed by atoms with E-state index in [-0.39, 0.29) is 16.6 Å². The lowest BCUT2D eigenvalue weighted by atomic mass is 9.75. The smallest absolute Gasteiger partial charge is 0.323 e. The van der Waals surface area contributed by atoms with Gasteiger partial charge in [-0.3, -0.25) is 14.5 Å². The zero-order valence-electron chi connectivity index (χ0n) is 14.5. The van der Waals surface area contributed by atoms with Gasteiger partial charge in [-0.05, 0) is 49.8 Å². The highest BCUT2D eigenvalue weighted by Gasteiger charge is 2.52. The average molecular weight is 382 g/mol. The van der Waals surface area contributed by atoms with Crippen molar-refractivity contribution in [1.82, 2.24) is 10.2 Å². The zero-order chi connectivity index (χ0) is 18.9. The molecular weight excluding hydrogens is 361 g/mol. The molecule has 1 saturated carbocycles. The number of anilines is 1. The predicted octanol–water partition coefficient (Wildman–Crippen LogP) is 3.31. The molecule has 3 rings (SSSR count). The van der Waals surface area contributed by atoms with Gasteiger partial charge in [-0.2, -0.15) is 0 Å². The number of nitrogens with one attached hydrogen (secondary N) is 2. The van der Waals surface area contributed by atoms with Crippen LogP contribution in [0.25, 0.3) is 0 Å². The Morgan fingerprint density at radius 3 is 2.69 bits per heavy atom. The monoisotopic (exact) mass is 381 g/mol. The summed E-state index contributed by atoms with van der Waals surface area (Å²) >= 11 is 5.88. The minimum Gasteiger partial charge on any atom is -0.323 e.